The molecule has 1 aromatic carbocycles. The Balaban J connectivity index is 1.36. The Morgan fingerprint density at radius 3 is 2.10 bits per heavy atom. The van der Waals surface area contributed by atoms with Gasteiger partial charge in [-0.3, -0.25) is 4.79 Å². The zero-order valence-electron chi connectivity index (χ0n) is 25.4. The highest BCUT2D eigenvalue weighted by Crippen LogP contribution is 2.30. The minimum absolute atomic E-state index is 0.0240. The van der Waals surface area contributed by atoms with Gasteiger partial charge in [0.15, 0.2) is 0 Å². The summed E-state index contributed by atoms with van der Waals surface area (Å²) in [5.74, 6) is 0.492. The lowest BCUT2D eigenvalue weighted by molar-refractivity contribution is -0.135. The van der Waals surface area contributed by atoms with Crippen LogP contribution in [0.2, 0.25) is 0 Å². The fraction of sp³-hybridized carbons (Fsp3) is 0.767. The molecule has 1 aliphatic carbocycles. The normalized spacial score (nSPS) is 21.6. The average molecular weight is 565 g/mol. The van der Waals surface area contributed by atoms with Crippen LogP contribution in [0.1, 0.15) is 62.1 Å². The third-order valence-electron chi connectivity index (χ3n) is 8.89. The number of ether oxygens (including phenoxy) is 1. The molecule has 0 radical (unpaired) electrons. The number of aryl methyl sites for hydroxylation is 3. The fourth-order valence-corrected chi connectivity index (χ4v) is 7.90. The maximum absolute atomic E-state index is 13.2. The molecule has 3 rings (SSSR count). The quantitative estimate of drug-likeness (QED) is 0.362. The van der Waals surface area contributed by atoms with Gasteiger partial charge >= 0.3 is 0 Å². The van der Waals surface area contributed by atoms with Crippen LogP contribution in [0.5, 0.6) is 0 Å². The van der Waals surface area contributed by atoms with Crippen molar-refractivity contribution in [3.8, 4) is 0 Å². The zero-order valence-corrected chi connectivity index (χ0v) is 26.2. The van der Waals surface area contributed by atoms with Gasteiger partial charge in [-0.25, -0.2) is 8.42 Å². The van der Waals surface area contributed by atoms with Gasteiger partial charge in [-0.2, -0.15) is 4.31 Å². The summed E-state index contributed by atoms with van der Waals surface area (Å²) < 4.78 is 33.3. The first-order chi connectivity index (χ1) is 18.4. The molecule has 1 heterocycles. The summed E-state index contributed by atoms with van der Waals surface area (Å²) in [6.07, 6.45) is 8.16. The monoisotopic (exact) mass is 564 g/mol. The molecule has 1 aliphatic heterocycles. The fourth-order valence-electron chi connectivity index (χ4n) is 6.34. The van der Waals surface area contributed by atoms with Crippen molar-refractivity contribution < 1.29 is 17.9 Å². The van der Waals surface area contributed by atoms with E-state index in [-0.39, 0.29) is 25.7 Å². The number of hydrogen-bond acceptors (Lipinski definition) is 6. The first-order valence-electron chi connectivity index (χ1n) is 14.7. The van der Waals surface area contributed by atoms with E-state index in [2.05, 4.69) is 30.8 Å². The highest BCUT2D eigenvalue weighted by Gasteiger charge is 2.30. The molecule has 1 amide bonds. The maximum Gasteiger partial charge on any atom is 0.248 e. The van der Waals surface area contributed by atoms with Gasteiger partial charge in [0.25, 0.3) is 0 Å². The van der Waals surface area contributed by atoms with Crippen LogP contribution in [-0.4, -0.2) is 113 Å². The van der Waals surface area contributed by atoms with E-state index in [1.54, 1.807) is 11.9 Å². The largest absolute Gasteiger partial charge is 0.370 e. The van der Waals surface area contributed by atoms with Gasteiger partial charge in [-0.1, -0.05) is 19.1 Å². The summed E-state index contributed by atoms with van der Waals surface area (Å²) in [6.45, 7) is 9.27. The second-order valence-corrected chi connectivity index (χ2v) is 14.0. The van der Waals surface area contributed by atoms with Crippen molar-refractivity contribution >= 4 is 15.9 Å². The van der Waals surface area contributed by atoms with Crippen LogP contribution in [0.25, 0.3) is 0 Å². The number of hydrogen-bond donors (Lipinski definition) is 0. The third kappa shape index (κ3) is 8.49. The number of benzene rings is 1. The van der Waals surface area contributed by atoms with Crippen LogP contribution in [-0.2, 0) is 26.0 Å². The Labute approximate surface area is 237 Å². The number of amides is 1. The zero-order chi connectivity index (χ0) is 28.7. The molecule has 8 nitrogen and oxygen atoms in total. The lowest BCUT2D eigenvalue weighted by Gasteiger charge is -2.42. The van der Waals surface area contributed by atoms with Crippen molar-refractivity contribution in [3.05, 3.63) is 28.8 Å². The Morgan fingerprint density at radius 1 is 0.974 bits per heavy atom. The van der Waals surface area contributed by atoms with E-state index in [1.165, 1.54) is 43.1 Å². The summed E-state index contributed by atoms with van der Waals surface area (Å²) in [5, 5.41) is 0. The minimum atomic E-state index is -3.63. The average Bonchev–Trinajstić information content (AvgIpc) is 2.90. The molecule has 1 aromatic rings. The standard InChI is InChI=1S/C30H52N4O4S/c1-8-25-19-23(2)30(24(3)20-25)39(36,37)33(7)17-18-38-22-29(35)32(6)21-26-9-11-28(12-10-26)34-15-13-27(14-16-34)31(4)5/h19-20,26-28H,8-18,21-22H2,1-7H3. The molecule has 0 atom stereocenters. The van der Waals surface area contributed by atoms with Gasteiger partial charge in [0.05, 0.1) is 11.5 Å². The molecule has 1 saturated heterocycles. The number of carbonyl (C=O) groups is 1. The van der Waals surface area contributed by atoms with Crippen LogP contribution >= 0.6 is 0 Å². The van der Waals surface area contributed by atoms with Crippen molar-refractivity contribution in [1.82, 2.24) is 19.0 Å². The molecule has 0 bridgehead atoms. The minimum Gasteiger partial charge on any atom is -0.370 e. The first-order valence-corrected chi connectivity index (χ1v) is 16.2. The smallest absolute Gasteiger partial charge is 0.248 e. The summed E-state index contributed by atoms with van der Waals surface area (Å²) in [7, 11) is 4.17. The van der Waals surface area contributed by atoms with Crippen molar-refractivity contribution in [2.24, 2.45) is 5.92 Å². The number of piperidine rings is 1. The molecule has 0 spiro atoms. The Hall–Kier alpha value is -1.52. The Bertz CT molecular complexity index is 1020. The van der Waals surface area contributed by atoms with E-state index in [0.29, 0.717) is 16.9 Å². The molecular formula is C30H52N4O4S. The topological polar surface area (TPSA) is 73.4 Å². The molecule has 1 saturated carbocycles. The summed E-state index contributed by atoms with van der Waals surface area (Å²) >= 11 is 0. The molecule has 0 aromatic heterocycles. The number of likely N-dealkylation sites (N-methyl/N-ethyl adjacent to an activating group) is 2. The van der Waals surface area contributed by atoms with Crippen molar-refractivity contribution in [2.45, 2.75) is 82.7 Å². The van der Waals surface area contributed by atoms with Crippen LogP contribution < -0.4 is 0 Å². The number of likely N-dealkylation sites (tertiary alicyclic amines) is 1. The molecule has 9 heteroatoms. The van der Waals surface area contributed by atoms with Gasteiger partial charge in [-0.15, -0.1) is 0 Å². The molecule has 2 aliphatic rings. The molecular weight excluding hydrogens is 512 g/mol. The van der Waals surface area contributed by atoms with Crippen LogP contribution in [0.15, 0.2) is 17.0 Å². The van der Waals surface area contributed by atoms with E-state index in [1.807, 2.05) is 33.0 Å². The lowest BCUT2D eigenvalue weighted by Crippen LogP contribution is -2.47. The van der Waals surface area contributed by atoms with E-state index in [4.69, 9.17) is 4.74 Å². The predicted octanol–water partition coefficient (Wildman–Crippen LogP) is 3.55. The van der Waals surface area contributed by atoms with Gasteiger partial charge in [0.1, 0.15) is 6.61 Å². The van der Waals surface area contributed by atoms with Crippen molar-refractivity contribution in [2.75, 3.05) is 67.6 Å². The van der Waals surface area contributed by atoms with E-state index >= 15 is 0 Å². The summed E-state index contributed by atoms with van der Waals surface area (Å²) in [6, 6.07) is 5.30. The predicted molar refractivity (Wildman–Crippen MR) is 158 cm³/mol. The number of sulfonamides is 1. The van der Waals surface area contributed by atoms with Gasteiger partial charge < -0.3 is 19.4 Å². The molecule has 2 fully saturated rings. The van der Waals surface area contributed by atoms with Crippen LogP contribution in [0.4, 0.5) is 0 Å². The first kappa shape index (κ1) is 32.0. The number of carbonyl (C=O) groups excluding carboxylic acids is 1. The highest BCUT2D eigenvalue weighted by atomic mass is 32.2. The van der Waals surface area contributed by atoms with E-state index in [0.717, 1.165) is 48.5 Å². The summed E-state index contributed by atoms with van der Waals surface area (Å²) in [5.41, 5.74) is 2.66. The molecule has 0 N–H and O–H groups in total. The highest BCUT2D eigenvalue weighted by molar-refractivity contribution is 7.89. The maximum atomic E-state index is 13.2. The van der Waals surface area contributed by atoms with Gasteiger partial charge in [-0.05, 0) is 109 Å². The summed E-state index contributed by atoms with van der Waals surface area (Å²) in [4.78, 5) is 19.9. The van der Waals surface area contributed by atoms with Crippen LogP contribution in [0, 0.1) is 19.8 Å². The second kappa shape index (κ2) is 14.4. The van der Waals surface area contributed by atoms with Gasteiger partial charge in [0, 0.05) is 39.3 Å². The van der Waals surface area contributed by atoms with Gasteiger partial charge in [0.2, 0.25) is 15.9 Å². The van der Waals surface area contributed by atoms with Crippen molar-refractivity contribution in [1.29, 1.82) is 0 Å². The molecule has 39 heavy (non-hydrogen) atoms. The number of nitrogens with zero attached hydrogens (tertiary/aromatic N) is 4. The Kier molecular flexibility index (Phi) is 11.8. The van der Waals surface area contributed by atoms with Crippen LogP contribution in [0.3, 0.4) is 0 Å². The lowest BCUT2D eigenvalue weighted by atomic mass is 9.84. The third-order valence-corrected chi connectivity index (χ3v) is 11.1. The molecule has 0 unspecified atom stereocenters. The Morgan fingerprint density at radius 2 is 1.56 bits per heavy atom. The van der Waals surface area contributed by atoms with E-state index in [9.17, 15) is 13.2 Å². The van der Waals surface area contributed by atoms with E-state index < -0.39 is 10.0 Å². The van der Waals surface area contributed by atoms with Crippen molar-refractivity contribution in [3.63, 3.8) is 0 Å². The second-order valence-electron chi connectivity index (χ2n) is 12.0. The number of rotatable bonds is 12. The SMILES string of the molecule is CCc1cc(C)c(S(=O)(=O)N(C)CCOCC(=O)N(C)CC2CCC(N3CCC(N(C)C)CC3)CC2)c(C)c1. The molecule has 222 valence electrons.